The molecule has 0 aliphatic carbocycles. The van der Waals surface area contributed by atoms with Crippen molar-refractivity contribution < 1.29 is 9.59 Å². The van der Waals surface area contributed by atoms with E-state index in [0.717, 1.165) is 49.3 Å². The molecule has 2 aliphatic rings. The van der Waals surface area contributed by atoms with Crippen LogP contribution in [0.5, 0.6) is 0 Å². The largest absolute Gasteiger partial charge is 0.384 e. The maximum absolute atomic E-state index is 12.1. The zero-order chi connectivity index (χ0) is 18.6. The second kappa shape index (κ2) is 7.77. The lowest BCUT2D eigenvalue weighted by Crippen LogP contribution is -2.32. The SMILES string of the molecule is O=C(Cn1cc(-c2cccc3c2NCC3)nn1)NCCCN1CCCC1=O. The molecule has 2 amide bonds. The number of anilines is 1. The Kier molecular flexibility index (Phi) is 5.04. The predicted molar refractivity (Wildman–Crippen MR) is 101 cm³/mol. The first-order valence-corrected chi connectivity index (χ1v) is 9.51. The van der Waals surface area contributed by atoms with Crippen LogP contribution in [0.3, 0.4) is 0 Å². The summed E-state index contributed by atoms with van der Waals surface area (Å²) in [5, 5.41) is 14.6. The Morgan fingerprint density at radius 2 is 2.22 bits per heavy atom. The van der Waals surface area contributed by atoms with Gasteiger partial charge in [-0.25, -0.2) is 4.68 Å². The molecule has 0 unspecified atom stereocenters. The van der Waals surface area contributed by atoms with E-state index in [4.69, 9.17) is 0 Å². The molecular weight excluding hydrogens is 344 g/mol. The van der Waals surface area contributed by atoms with Gasteiger partial charge in [0, 0.05) is 43.9 Å². The Hall–Kier alpha value is -2.90. The summed E-state index contributed by atoms with van der Waals surface area (Å²) in [6.07, 6.45) is 5.18. The number of amides is 2. The van der Waals surface area contributed by atoms with Crippen LogP contribution in [0.4, 0.5) is 5.69 Å². The lowest BCUT2D eigenvalue weighted by Gasteiger charge is -2.15. The molecule has 8 heteroatoms. The van der Waals surface area contributed by atoms with E-state index in [1.165, 1.54) is 5.56 Å². The van der Waals surface area contributed by atoms with Crippen molar-refractivity contribution in [2.75, 3.05) is 31.5 Å². The van der Waals surface area contributed by atoms with Crippen LogP contribution in [0, 0.1) is 0 Å². The molecule has 0 bridgehead atoms. The van der Waals surface area contributed by atoms with E-state index in [2.05, 4.69) is 27.0 Å². The van der Waals surface area contributed by atoms with Gasteiger partial charge in [-0.05, 0) is 24.8 Å². The summed E-state index contributed by atoms with van der Waals surface area (Å²) in [6.45, 7) is 3.18. The molecule has 8 nitrogen and oxygen atoms in total. The van der Waals surface area contributed by atoms with Gasteiger partial charge in [-0.15, -0.1) is 5.10 Å². The number of aromatic nitrogens is 3. The van der Waals surface area contributed by atoms with Crippen LogP contribution in [0.25, 0.3) is 11.3 Å². The van der Waals surface area contributed by atoms with E-state index >= 15 is 0 Å². The van der Waals surface area contributed by atoms with Gasteiger partial charge in [0.05, 0.1) is 6.20 Å². The number of nitrogens with zero attached hydrogens (tertiary/aromatic N) is 4. The fraction of sp³-hybridized carbons (Fsp3) is 0.474. The lowest BCUT2D eigenvalue weighted by molar-refractivity contribution is -0.127. The van der Waals surface area contributed by atoms with Gasteiger partial charge in [-0.2, -0.15) is 0 Å². The average Bonchev–Trinajstić information content (AvgIpc) is 3.39. The highest BCUT2D eigenvalue weighted by atomic mass is 16.2. The second-order valence-electron chi connectivity index (χ2n) is 7.01. The van der Waals surface area contributed by atoms with Crippen molar-refractivity contribution in [3.63, 3.8) is 0 Å². The number of hydrogen-bond donors (Lipinski definition) is 2. The Balaban J connectivity index is 1.27. The number of likely N-dealkylation sites (tertiary alicyclic amines) is 1. The number of carbonyl (C=O) groups is 2. The number of para-hydroxylation sites is 1. The van der Waals surface area contributed by atoms with E-state index in [0.29, 0.717) is 19.5 Å². The minimum absolute atomic E-state index is 0.101. The van der Waals surface area contributed by atoms with Gasteiger partial charge in [0.2, 0.25) is 11.8 Å². The zero-order valence-corrected chi connectivity index (χ0v) is 15.3. The highest BCUT2D eigenvalue weighted by molar-refractivity contribution is 5.80. The van der Waals surface area contributed by atoms with Crippen molar-refractivity contribution in [1.29, 1.82) is 0 Å². The van der Waals surface area contributed by atoms with Gasteiger partial charge >= 0.3 is 0 Å². The van der Waals surface area contributed by atoms with Crippen molar-refractivity contribution in [3.05, 3.63) is 30.0 Å². The van der Waals surface area contributed by atoms with E-state index in [-0.39, 0.29) is 18.4 Å². The summed E-state index contributed by atoms with van der Waals surface area (Å²) < 4.78 is 1.56. The van der Waals surface area contributed by atoms with Crippen LogP contribution in [0.15, 0.2) is 24.4 Å². The van der Waals surface area contributed by atoms with Crippen LogP contribution >= 0.6 is 0 Å². The first-order valence-electron chi connectivity index (χ1n) is 9.51. The third-order valence-corrected chi connectivity index (χ3v) is 5.07. The molecule has 27 heavy (non-hydrogen) atoms. The molecule has 3 heterocycles. The molecule has 0 saturated carbocycles. The van der Waals surface area contributed by atoms with E-state index < -0.39 is 0 Å². The quantitative estimate of drug-likeness (QED) is 0.713. The molecule has 1 fully saturated rings. The fourth-order valence-corrected chi connectivity index (χ4v) is 3.69. The topological polar surface area (TPSA) is 92.2 Å². The number of hydrogen-bond acceptors (Lipinski definition) is 5. The molecule has 1 aromatic heterocycles. The van der Waals surface area contributed by atoms with Crippen molar-refractivity contribution in [2.45, 2.75) is 32.2 Å². The molecule has 1 saturated heterocycles. The maximum Gasteiger partial charge on any atom is 0.241 e. The molecule has 2 N–H and O–H groups in total. The number of rotatable bonds is 7. The van der Waals surface area contributed by atoms with Crippen molar-refractivity contribution in [3.8, 4) is 11.3 Å². The Morgan fingerprint density at radius 3 is 3.07 bits per heavy atom. The summed E-state index contributed by atoms with van der Waals surface area (Å²) >= 11 is 0. The van der Waals surface area contributed by atoms with Crippen molar-refractivity contribution in [2.24, 2.45) is 0 Å². The average molecular weight is 368 g/mol. The lowest BCUT2D eigenvalue weighted by atomic mass is 10.1. The second-order valence-corrected chi connectivity index (χ2v) is 7.01. The summed E-state index contributed by atoms with van der Waals surface area (Å²) in [5.41, 5.74) is 4.19. The number of nitrogens with one attached hydrogen (secondary N) is 2. The third kappa shape index (κ3) is 3.94. The van der Waals surface area contributed by atoms with Gasteiger partial charge in [-0.3, -0.25) is 9.59 Å². The number of benzene rings is 1. The Labute approximate surface area is 157 Å². The zero-order valence-electron chi connectivity index (χ0n) is 15.3. The van der Waals surface area contributed by atoms with Gasteiger partial charge in [0.15, 0.2) is 0 Å². The fourth-order valence-electron chi connectivity index (χ4n) is 3.69. The summed E-state index contributed by atoms with van der Waals surface area (Å²) in [5.74, 6) is 0.119. The molecule has 2 aliphatic heterocycles. The van der Waals surface area contributed by atoms with Gasteiger partial charge in [0.25, 0.3) is 0 Å². The Morgan fingerprint density at radius 1 is 1.30 bits per heavy atom. The molecule has 0 radical (unpaired) electrons. The van der Waals surface area contributed by atoms with Gasteiger partial charge in [-0.1, -0.05) is 23.4 Å². The maximum atomic E-state index is 12.1. The molecule has 4 rings (SSSR count). The van der Waals surface area contributed by atoms with Gasteiger partial charge in [0.1, 0.15) is 12.2 Å². The normalized spacial score (nSPS) is 15.7. The van der Waals surface area contributed by atoms with Crippen LogP contribution < -0.4 is 10.6 Å². The third-order valence-electron chi connectivity index (χ3n) is 5.07. The minimum Gasteiger partial charge on any atom is -0.384 e. The summed E-state index contributed by atoms with van der Waals surface area (Å²) in [6, 6.07) is 6.16. The van der Waals surface area contributed by atoms with E-state index in [1.54, 1.807) is 10.9 Å². The highest BCUT2D eigenvalue weighted by Crippen LogP contribution is 2.32. The van der Waals surface area contributed by atoms with Crippen LogP contribution in [-0.4, -0.2) is 57.9 Å². The Bertz CT molecular complexity index is 846. The molecule has 0 atom stereocenters. The predicted octanol–water partition coefficient (Wildman–Crippen LogP) is 1.04. The van der Waals surface area contributed by atoms with Crippen LogP contribution in [0.1, 0.15) is 24.8 Å². The molecule has 0 spiro atoms. The molecule has 142 valence electrons. The smallest absolute Gasteiger partial charge is 0.241 e. The first-order chi connectivity index (χ1) is 13.2. The van der Waals surface area contributed by atoms with Crippen LogP contribution in [-0.2, 0) is 22.6 Å². The number of fused-ring (bicyclic) bond motifs is 1. The first kappa shape index (κ1) is 17.5. The molecule has 1 aromatic carbocycles. The van der Waals surface area contributed by atoms with Crippen molar-refractivity contribution in [1.82, 2.24) is 25.2 Å². The van der Waals surface area contributed by atoms with Gasteiger partial charge < -0.3 is 15.5 Å². The van der Waals surface area contributed by atoms with Crippen molar-refractivity contribution >= 4 is 17.5 Å². The van der Waals surface area contributed by atoms with E-state index in [1.807, 2.05) is 17.0 Å². The van der Waals surface area contributed by atoms with E-state index in [9.17, 15) is 9.59 Å². The highest BCUT2D eigenvalue weighted by Gasteiger charge is 2.19. The molecule has 2 aromatic rings. The summed E-state index contributed by atoms with van der Waals surface area (Å²) in [4.78, 5) is 25.5. The minimum atomic E-state index is -0.101. The molecular formula is C19H24N6O2. The monoisotopic (exact) mass is 368 g/mol. The summed E-state index contributed by atoms with van der Waals surface area (Å²) in [7, 11) is 0. The standard InChI is InChI=1S/C19H24N6O2/c26-17(20-8-3-11-24-10-2-6-18(24)27)13-25-12-16(22-23-25)15-5-1-4-14-7-9-21-19(14)15/h1,4-5,12,21H,2-3,6-11,13H2,(H,20,26). The number of carbonyl (C=O) groups excluding carboxylic acids is 2. The van der Waals surface area contributed by atoms with Crippen LogP contribution in [0.2, 0.25) is 0 Å².